The average molecular weight is 391 g/mol. The molecule has 3 nitrogen and oxygen atoms in total. The number of nitrogens with two attached hydrogens (primary N) is 1. The number of hydrogen-bond donors (Lipinski definition) is 1. The van der Waals surface area contributed by atoms with E-state index in [9.17, 15) is 8.78 Å². The summed E-state index contributed by atoms with van der Waals surface area (Å²) in [6.07, 6.45) is 4.43. The van der Waals surface area contributed by atoms with Crippen LogP contribution in [0.1, 0.15) is 25.8 Å². The molecule has 148 valence electrons. The summed E-state index contributed by atoms with van der Waals surface area (Å²) in [4.78, 5) is 8.85. The summed E-state index contributed by atoms with van der Waals surface area (Å²) < 4.78 is 28.1. The second-order valence-electron chi connectivity index (χ2n) is 6.94. The molecule has 1 heterocycles. The maximum Gasteiger partial charge on any atom is 0.132 e. The summed E-state index contributed by atoms with van der Waals surface area (Å²) >= 11 is 0. The molecule has 1 aromatic heterocycles. The van der Waals surface area contributed by atoms with Crippen LogP contribution in [-0.4, -0.2) is 11.2 Å². The molecule has 0 bridgehead atoms. The zero-order valence-corrected chi connectivity index (χ0v) is 16.5. The smallest absolute Gasteiger partial charge is 0.132 e. The number of hydrogen-bond acceptors (Lipinski definition) is 3. The predicted octanol–water partition coefficient (Wildman–Crippen LogP) is 6.37. The Balaban J connectivity index is 2.13. The third-order valence-electron chi connectivity index (χ3n) is 4.76. The molecule has 0 aliphatic heterocycles. The highest BCUT2D eigenvalue weighted by molar-refractivity contribution is 5.85. The van der Waals surface area contributed by atoms with E-state index in [2.05, 4.69) is 30.4 Å². The van der Waals surface area contributed by atoms with E-state index in [0.29, 0.717) is 34.1 Å². The molecule has 2 aromatic carbocycles. The number of rotatable bonds is 6. The van der Waals surface area contributed by atoms with Crippen molar-refractivity contribution in [1.29, 1.82) is 0 Å². The van der Waals surface area contributed by atoms with Crippen LogP contribution >= 0.6 is 0 Å². The third-order valence-corrected chi connectivity index (χ3v) is 4.76. The normalized spacial score (nSPS) is 12.3. The van der Waals surface area contributed by atoms with Gasteiger partial charge in [-0.25, -0.2) is 8.78 Å². The predicted molar refractivity (Wildman–Crippen MR) is 116 cm³/mol. The van der Waals surface area contributed by atoms with Crippen LogP contribution in [0.2, 0.25) is 0 Å². The van der Waals surface area contributed by atoms with Gasteiger partial charge >= 0.3 is 0 Å². The Morgan fingerprint density at radius 3 is 2.69 bits per heavy atom. The molecule has 29 heavy (non-hydrogen) atoms. The van der Waals surface area contributed by atoms with E-state index in [4.69, 9.17) is 5.73 Å². The first-order valence-electron chi connectivity index (χ1n) is 9.44. The highest BCUT2D eigenvalue weighted by atomic mass is 19.1. The number of benzene rings is 2. The second-order valence-corrected chi connectivity index (χ2v) is 6.94. The van der Waals surface area contributed by atoms with Crippen molar-refractivity contribution in [3.05, 3.63) is 78.5 Å². The SMILES string of the molecule is C=C(N)c1cc(-c2cccnc2-c2cc(F)ccc2F)ccc1N=CC(C)CC. The van der Waals surface area contributed by atoms with Crippen molar-refractivity contribution in [2.75, 3.05) is 0 Å². The molecular weight excluding hydrogens is 368 g/mol. The average Bonchev–Trinajstić information content (AvgIpc) is 2.73. The molecule has 0 spiro atoms. The van der Waals surface area contributed by atoms with Gasteiger partial charge in [0, 0.05) is 34.8 Å². The molecule has 0 amide bonds. The van der Waals surface area contributed by atoms with Crippen LogP contribution in [0.4, 0.5) is 14.5 Å². The Morgan fingerprint density at radius 1 is 1.17 bits per heavy atom. The van der Waals surface area contributed by atoms with Gasteiger partial charge in [0.1, 0.15) is 11.6 Å². The molecule has 1 atom stereocenters. The van der Waals surface area contributed by atoms with Crippen molar-refractivity contribution in [1.82, 2.24) is 4.98 Å². The van der Waals surface area contributed by atoms with Crippen LogP contribution in [0.5, 0.6) is 0 Å². The molecule has 3 aromatic rings. The maximum atomic E-state index is 14.4. The van der Waals surface area contributed by atoms with Crippen LogP contribution in [0.15, 0.2) is 66.3 Å². The Bertz CT molecular complexity index is 1070. The maximum absolute atomic E-state index is 14.4. The largest absolute Gasteiger partial charge is 0.399 e. The quantitative estimate of drug-likeness (QED) is 0.496. The lowest BCUT2D eigenvalue weighted by atomic mass is 9.96. The monoisotopic (exact) mass is 391 g/mol. The lowest BCUT2D eigenvalue weighted by Crippen LogP contribution is -1.98. The highest BCUT2D eigenvalue weighted by Crippen LogP contribution is 2.35. The molecule has 0 fully saturated rings. The fraction of sp³-hybridized carbons (Fsp3) is 0.167. The lowest BCUT2D eigenvalue weighted by Gasteiger charge is -2.13. The van der Waals surface area contributed by atoms with E-state index < -0.39 is 11.6 Å². The van der Waals surface area contributed by atoms with Gasteiger partial charge in [0.05, 0.1) is 11.4 Å². The van der Waals surface area contributed by atoms with Gasteiger partial charge in [-0.15, -0.1) is 0 Å². The molecule has 0 radical (unpaired) electrons. The molecule has 3 rings (SSSR count). The van der Waals surface area contributed by atoms with Crippen LogP contribution in [0, 0.1) is 17.6 Å². The third kappa shape index (κ3) is 4.57. The van der Waals surface area contributed by atoms with Gasteiger partial charge in [0.15, 0.2) is 0 Å². The van der Waals surface area contributed by atoms with Crippen molar-refractivity contribution in [3.63, 3.8) is 0 Å². The molecule has 1 unspecified atom stereocenters. The van der Waals surface area contributed by atoms with Crippen LogP contribution in [0.25, 0.3) is 28.1 Å². The van der Waals surface area contributed by atoms with E-state index in [1.165, 1.54) is 0 Å². The van der Waals surface area contributed by atoms with Gasteiger partial charge < -0.3 is 5.73 Å². The first-order chi connectivity index (χ1) is 13.9. The van der Waals surface area contributed by atoms with E-state index in [1.807, 2.05) is 30.5 Å². The van der Waals surface area contributed by atoms with Gasteiger partial charge in [-0.1, -0.05) is 32.6 Å². The Kier molecular flexibility index (Phi) is 6.17. The van der Waals surface area contributed by atoms with E-state index in [0.717, 1.165) is 30.2 Å². The van der Waals surface area contributed by atoms with E-state index >= 15 is 0 Å². The molecule has 2 N–H and O–H groups in total. The molecule has 0 saturated carbocycles. The summed E-state index contributed by atoms with van der Waals surface area (Å²) in [7, 11) is 0. The zero-order valence-electron chi connectivity index (χ0n) is 16.5. The first-order valence-corrected chi connectivity index (χ1v) is 9.44. The van der Waals surface area contributed by atoms with E-state index in [-0.39, 0.29) is 5.56 Å². The fourth-order valence-electron chi connectivity index (χ4n) is 2.92. The molecule has 5 heteroatoms. The van der Waals surface area contributed by atoms with Gasteiger partial charge in [-0.2, -0.15) is 0 Å². The number of aromatic nitrogens is 1. The zero-order chi connectivity index (χ0) is 21.0. The number of halogens is 2. The minimum atomic E-state index is -0.537. The minimum Gasteiger partial charge on any atom is -0.399 e. The van der Waals surface area contributed by atoms with Crippen molar-refractivity contribution < 1.29 is 8.78 Å². The standard InChI is InChI=1S/C24H23F2N3/c1-4-15(2)14-29-23-10-7-17(12-20(23)16(3)27)19-6-5-11-28-24(19)21-13-18(25)8-9-22(21)26/h5-15H,3-4,27H2,1-2H3. The summed E-state index contributed by atoms with van der Waals surface area (Å²) in [6, 6.07) is 12.5. The molecule has 0 aliphatic rings. The molecule has 0 aliphatic carbocycles. The number of aliphatic imine (C=N–C) groups is 1. The van der Waals surface area contributed by atoms with Gasteiger partial charge in [-0.05, 0) is 54.3 Å². The first kappa shape index (κ1) is 20.4. The minimum absolute atomic E-state index is 0.104. The summed E-state index contributed by atoms with van der Waals surface area (Å²) in [5.41, 5.74) is 9.67. The Morgan fingerprint density at radius 2 is 1.97 bits per heavy atom. The van der Waals surface area contributed by atoms with Crippen molar-refractivity contribution >= 4 is 17.6 Å². The fourth-order valence-corrected chi connectivity index (χ4v) is 2.92. The van der Waals surface area contributed by atoms with Crippen LogP contribution in [-0.2, 0) is 0 Å². The Hall–Kier alpha value is -3.34. The molecular formula is C24H23F2N3. The van der Waals surface area contributed by atoms with Gasteiger partial charge in [0.25, 0.3) is 0 Å². The van der Waals surface area contributed by atoms with Crippen LogP contribution < -0.4 is 5.73 Å². The topological polar surface area (TPSA) is 51.3 Å². The van der Waals surface area contributed by atoms with Crippen molar-refractivity contribution in [2.24, 2.45) is 16.6 Å². The number of pyridine rings is 1. The second kappa shape index (κ2) is 8.78. The van der Waals surface area contributed by atoms with Crippen molar-refractivity contribution in [2.45, 2.75) is 20.3 Å². The lowest BCUT2D eigenvalue weighted by molar-refractivity contribution is 0.602. The Labute approximate surface area is 169 Å². The highest BCUT2D eigenvalue weighted by Gasteiger charge is 2.15. The van der Waals surface area contributed by atoms with Gasteiger partial charge in [-0.3, -0.25) is 9.98 Å². The van der Waals surface area contributed by atoms with Gasteiger partial charge in [0.2, 0.25) is 0 Å². The molecule has 0 saturated heterocycles. The number of nitrogens with zero attached hydrogens (tertiary/aromatic N) is 2. The summed E-state index contributed by atoms with van der Waals surface area (Å²) in [6.45, 7) is 8.04. The summed E-state index contributed by atoms with van der Waals surface area (Å²) in [5.74, 6) is -0.720. The summed E-state index contributed by atoms with van der Waals surface area (Å²) in [5, 5.41) is 0. The van der Waals surface area contributed by atoms with E-state index in [1.54, 1.807) is 12.3 Å². The van der Waals surface area contributed by atoms with Crippen LogP contribution in [0.3, 0.4) is 0 Å². The van der Waals surface area contributed by atoms with Crippen molar-refractivity contribution in [3.8, 4) is 22.4 Å².